The molecule has 0 spiro atoms. The minimum absolute atomic E-state index is 0.893. The Morgan fingerprint density at radius 3 is 2.65 bits per heavy atom. The quantitative estimate of drug-likeness (QED) is 0.861. The van der Waals surface area contributed by atoms with Crippen LogP contribution < -0.4 is 5.32 Å². The van der Waals surface area contributed by atoms with E-state index in [1.807, 2.05) is 13.1 Å². The molecule has 1 aliphatic carbocycles. The van der Waals surface area contributed by atoms with Crippen LogP contribution in [0.2, 0.25) is 0 Å². The fraction of sp³-hybridized carbons (Fsp3) is 0.667. The second-order valence-corrected chi connectivity index (χ2v) is 5.56. The first-order valence-electron chi connectivity index (χ1n) is 6.86. The largest absolute Gasteiger partial charge is 0.312 e. The summed E-state index contributed by atoms with van der Waals surface area (Å²) < 4.78 is 0. The fourth-order valence-corrected chi connectivity index (χ4v) is 2.56. The summed E-state index contributed by atoms with van der Waals surface area (Å²) in [5.74, 6) is 1.84. The van der Waals surface area contributed by atoms with Gasteiger partial charge in [-0.15, -0.1) is 0 Å². The van der Waals surface area contributed by atoms with Crippen molar-refractivity contribution in [2.75, 3.05) is 6.54 Å². The van der Waals surface area contributed by atoms with Crippen LogP contribution in [0.25, 0.3) is 0 Å². The summed E-state index contributed by atoms with van der Waals surface area (Å²) in [4.78, 5) is 4.31. The summed E-state index contributed by atoms with van der Waals surface area (Å²) in [5.41, 5.74) is 2.38. The van der Waals surface area contributed by atoms with Crippen molar-refractivity contribution in [2.45, 2.75) is 46.1 Å². The molecular formula is C15H24N2. The van der Waals surface area contributed by atoms with E-state index in [9.17, 15) is 0 Å². The van der Waals surface area contributed by atoms with E-state index in [4.69, 9.17) is 0 Å². The zero-order valence-electron chi connectivity index (χ0n) is 11.1. The van der Waals surface area contributed by atoms with Gasteiger partial charge in [0.25, 0.3) is 0 Å². The normalized spacial score (nSPS) is 24.8. The summed E-state index contributed by atoms with van der Waals surface area (Å²) in [6.07, 6.45) is 7.61. The average molecular weight is 232 g/mol. The minimum atomic E-state index is 0.893. The number of hydrogen-bond acceptors (Lipinski definition) is 2. The average Bonchev–Trinajstić information content (AvgIpc) is 2.34. The predicted octanol–water partition coefficient (Wildman–Crippen LogP) is 3.31. The Hall–Kier alpha value is -0.890. The van der Waals surface area contributed by atoms with E-state index >= 15 is 0 Å². The van der Waals surface area contributed by atoms with Crippen molar-refractivity contribution in [3.05, 3.63) is 29.6 Å². The highest BCUT2D eigenvalue weighted by molar-refractivity contribution is 5.12. The van der Waals surface area contributed by atoms with Gasteiger partial charge in [-0.1, -0.05) is 25.8 Å². The number of aromatic nitrogens is 1. The predicted molar refractivity (Wildman–Crippen MR) is 71.8 cm³/mol. The molecule has 17 heavy (non-hydrogen) atoms. The zero-order valence-corrected chi connectivity index (χ0v) is 11.1. The van der Waals surface area contributed by atoms with E-state index < -0.39 is 0 Å². The van der Waals surface area contributed by atoms with E-state index in [0.29, 0.717) is 0 Å². The molecule has 0 bridgehead atoms. The summed E-state index contributed by atoms with van der Waals surface area (Å²) in [6.45, 7) is 6.53. The Balaban J connectivity index is 1.67. The van der Waals surface area contributed by atoms with Crippen LogP contribution in [0.15, 0.2) is 18.3 Å². The second-order valence-electron chi connectivity index (χ2n) is 5.56. The summed E-state index contributed by atoms with van der Waals surface area (Å²) in [6, 6.07) is 4.25. The van der Waals surface area contributed by atoms with Crippen LogP contribution in [0.4, 0.5) is 0 Å². The van der Waals surface area contributed by atoms with Gasteiger partial charge in [0.05, 0.1) is 0 Å². The summed E-state index contributed by atoms with van der Waals surface area (Å²) >= 11 is 0. The first-order valence-corrected chi connectivity index (χ1v) is 6.86. The van der Waals surface area contributed by atoms with Gasteiger partial charge in [0.15, 0.2) is 0 Å². The lowest BCUT2D eigenvalue weighted by atomic mass is 9.83. The lowest BCUT2D eigenvalue weighted by molar-refractivity contribution is 0.281. The molecule has 1 aromatic rings. The first kappa shape index (κ1) is 12.6. The highest BCUT2D eigenvalue weighted by atomic mass is 14.9. The van der Waals surface area contributed by atoms with Gasteiger partial charge in [0, 0.05) is 18.4 Å². The molecule has 94 valence electrons. The van der Waals surface area contributed by atoms with Gasteiger partial charge in [-0.3, -0.25) is 4.98 Å². The van der Waals surface area contributed by atoms with Gasteiger partial charge in [0.1, 0.15) is 0 Å². The molecule has 1 fully saturated rings. The van der Waals surface area contributed by atoms with Crippen LogP contribution in [0.1, 0.15) is 43.9 Å². The Kier molecular flexibility index (Phi) is 4.55. The lowest BCUT2D eigenvalue weighted by Gasteiger charge is -2.26. The summed E-state index contributed by atoms with van der Waals surface area (Å²) in [5, 5.41) is 3.57. The van der Waals surface area contributed by atoms with Gasteiger partial charge in [-0.25, -0.2) is 0 Å². The molecule has 0 aromatic carbocycles. The van der Waals surface area contributed by atoms with Gasteiger partial charge >= 0.3 is 0 Å². The van der Waals surface area contributed by atoms with E-state index in [2.05, 4.69) is 29.4 Å². The van der Waals surface area contributed by atoms with Crippen molar-refractivity contribution in [3.63, 3.8) is 0 Å². The Bertz CT molecular complexity index is 323. The molecule has 1 N–H and O–H groups in total. The van der Waals surface area contributed by atoms with E-state index in [1.165, 1.54) is 37.8 Å². The highest BCUT2D eigenvalue weighted by Gasteiger charge is 2.17. The monoisotopic (exact) mass is 232 g/mol. The van der Waals surface area contributed by atoms with Crippen LogP contribution >= 0.6 is 0 Å². The number of pyridine rings is 1. The third kappa shape index (κ3) is 4.12. The fourth-order valence-electron chi connectivity index (χ4n) is 2.56. The molecule has 0 amide bonds. The maximum atomic E-state index is 4.31. The molecule has 0 aliphatic heterocycles. The van der Waals surface area contributed by atoms with Crippen LogP contribution in [0, 0.1) is 18.8 Å². The number of aryl methyl sites for hydroxylation is 1. The van der Waals surface area contributed by atoms with Gasteiger partial charge in [0.2, 0.25) is 0 Å². The maximum Gasteiger partial charge on any atom is 0.0372 e. The molecule has 1 heterocycles. The van der Waals surface area contributed by atoms with E-state index in [-0.39, 0.29) is 0 Å². The van der Waals surface area contributed by atoms with E-state index in [0.717, 1.165) is 24.1 Å². The number of nitrogens with one attached hydrogen (secondary N) is 1. The van der Waals surface area contributed by atoms with Gasteiger partial charge in [-0.2, -0.15) is 0 Å². The highest BCUT2D eigenvalue weighted by Crippen LogP contribution is 2.27. The third-order valence-electron chi connectivity index (χ3n) is 3.87. The Morgan fingerprint density at radius 1 is 1.24 bits per heavy atom. The zero-order chi connectivity index (χ0) is 12.1. The van der Waals surface area contributed by atoms with Crippen molar-refractivity contribution in [1.29, 1.82) is 0 Å². The molecule has 2 heteroatoms. The molecule has 0 unspecified atom stereocenters. The van der Waals surface area contributed by atoms with Crippen molar-refractivity contribution in [2.24, 2.45) is 11.8 Å². The smallest absolute Gasteiger partial charge is 0.0372 e. The lowest BCUT2D eigenvalue weighted by Crippen LogP contribution is -2.25. The number of hydrogen-bond donors (Lipinski definition) is 1. The molecule has 2 rings (SSSR count). The minimum Gasteiger partial charge on any atom is -0.312 e. The molecular weight excluding hydrogens is 208 g/mol. The van der Waals surface area contributed by atoms with Crippen LogP contribution in [0.5, 0.6) is 0 Å². The molecule has 1 saturated carbocycles. The van der Waals surface area contributed by atoms with Crippen molar-refractivity contribution in [3.8, 4) is 0 Å². The molecule has 0 saturated heterocycles. The maximum absolute atomic E-state index is 4.31. The topological polar surface area (TPSA) is 24.9 Å². The second kappa shape index (κ2) is 6.15. The van der Waals surface area contributed by atoms with Gasteiger partial charge in [-0.05, 0) is 49.8 Å². The van der Waals surface area contributed by atoms with Crippen LogP contribution in [-0.4, -0.2) is 11.5 Å². The van der Waals surface area contributed by atoms with Crippen LogP contribution in [0.3, 0.4) is 0 Å². The molecule has 1 aromatic heterocycles. The standard InChI is InChI=1S/C15H24N2/c1-12-3-6-14(7-4-12)9-16-10-15-8-5-13(2)17-11-15/h5,8,11-12,14,16H,3-4,6-7,9-10H2,1-2H3. The van der Waals surface area contributed by atoms with Crippen molar-refractivity contribution < 1.29 is 0 Å². The van der Waals surface area contributed by atoms with Crippen LogP contribution in [-0.2, 0) is 6.54 Å². The van der Waals surface area contributed by atoms with Gasteiger partial charge < -0.3 is 5.32 Å². The molecule has 2 nitrogen and oxygen atoms in total. The Morgan fingerprint density at radius 2 is 2.00 bits per heavy atom. The third-order valence-corrected chi connectivity index (χ3v) is 3.87. The SMILES string of the molecule is Cc1ccc(CNCC2CCC(C)CC2)cn1. The summed E-state index contributed by atoms with van der Waals surface area (Å²) in [7, 11) is 0. The number of nitrogens with zero attached hydrogens (tertiary/aromatic N) is 1. The molecule has 1 aliphatic rings. The Labute approximate surface area is 105 Å². The first-order chi connectivity index (χ1) is 8.24. The number of rotatable bonds is 4. The molecule has 0 radical (unpaired) electrons. The van der Waals surface area contributed by atoms with Crippen molar-refractivity contribution in [1.82, 2.24) is 10.3 Å². The van der Waals surface area contributed by atoms with E-state index in [1.54, 1.807) is 0 Å². The van der Waals surface area contributed by atoms with Crippen molar-refractivity contribution >= 4 is 0 Å². The molecule has 0 atom stereocenters.